The van der Waals surface area contributed by atoms with E-state index in [0.29, 0.717) is 5.92 Å². The molecule has 17 heavy (non-hydrogen) atoms. The van der Waals surface area contributed by atoms with Crippen molar-refractivity contribution in [2.45, 2.75) is 26.7 Å². The zero-order valence-electron chi connectivity index (χ0n) is 10.0. The third-order valence-corrected chi connectivity index (χ3v) is 3.77. The highest BCUT2D eigenvalue weighted by Crippen LogP contribution is 2.29. The summed E-state index contributed by atoms with van der Waals surface area (Å²) in [6.45, 7) is 4.44. The number of benzene rings is 1. The molecule has 0 aliphatic rings. The van der Waals surface area contributed by atoms with Crippen LogP contribution in [0.3, 0.4) is 0 Å². The van der Waals surface area contributed by atoms with Crippen molar-refractivity contribution in [1.82, 2.24) is 4.98 Å². The van der Waals surface area contributed by atoms with Gasteiger partial charge in [0.1, 0.15) is 0 Å². The van der Waals surface area contributed by atoms with Gasteiger partial charge in [0.2, 0.25) is 0 Å². The Morgan fingerprint density at radius 3 is 2.82 bits per heavy atom. The number of rotatable bonds is 3. The summed E-state index contributed by atoms with van der Waals surface area (Å²) in [5.41, 5.74) is 2.09. The topological polar surface area (TPSA) is 12.9 Å². The molecule has 0 radical (unpaired) electrons. The lowest BCUT2D eigenvalue weighted by Crippen LogP contribution is -1.95. The lowest BCUT2D eigenvalue weighted by atomic mass is 10.0. The Labute approximate surface area is 115 Å². The Morgan fingerprint density at radius 2 is 2.12 bits per heavy atom. The zero-order valence-corrected chi connectivity index (χ0v) is 12.3. The molecular formula is C14H15BrClN. The fourth-order valence-electron chi connectivity index (χ4n) is 1.79. The molecule has 0 atom stereocenters. The average molecular weight is 313 g/mol. The molecule has 1 aromatic carbocycles. The summed E-state index contributed by atoms with van der Waals surface area (Å²) in [5, 5.41) is 1.87. The molecule has 0 saturated carbocycles. The van der Waals surface area contributed by atoms with Crippen LogP contribution in [0.1, 0.15) is 25.8 Å². The zero-order chi connectivity index (χ0) is 12.4. The van der Waals surface area contributed by atoms with E-state index in [9.17, 15) is 0 Å². The van der Waals surface area contributed by atoms with Crippen molar-refractivity contribution in [2.24, 2.45) is 5.92 Å². The Kier molecular flexibility index (Phi) is 4.05. The monoisotopic (exact) mass is 311 g/mol. The molecule has 0 N–H and O–H groups in total. The first-order chi connectivity index (χ1) is 8.08. The molecular weight excluding hydrogens is 298 g/mol. The summed E-state index contributed by atoms with van der Waals surface area (Å²) < 4.78 is 1.04. The molecule has 0 spiro atoms. The van der Waals surface area contributed by atoms with Gasteiger partial charge in [-0.1, -0.05) is 41.4 Å². The van der Waals surface area contributed by atoms with Crippen LogP contribution in [0, 0.1) is 5.92 Å². The first-order valence-electron chi connectivity index (χ1n) is 5.80. The van der Waals surface area contributed by atoms with Gasteiger partial charge in [0.25, 0.3) is 0 Å². The van der Waals surface area contributed by atoms with Crippen LogP contribution in [0.2, 0.25) is 5.02 Å². The Hall–Kier alpha value is -0.600. The van der Waals surface area contributed by atoms with Crippen LogP contribution < -0.4 is 0 Å². The highest BCUT2D eigenvalue weighted by atomic mass is 79.9. The number of hydrogen-bond acceptors (Lipinski definition) is 1. The van der Waals surface area contributed by atoms with Gasteiger partial charge in [-0.05, 0) is 42.5 Å². The summed E-state index contributed by atoms with van der Waals surface area (Å²) in [4.78, 5) is 4.46. The maximum absolute atomic E-state index is 6.44. The van der Waals surface area contributed by atoms with E-state index in [1.54, 1.807) is 0 Å². The van der Waals surface area contributed by atoms with Crippen LogP contribution in [-0.4, -0.2) is 4.98 Å². The molecule has 2 rings (SSSR count). The summed E-state index contributed by atoms with van der Waals surface area (Å²) in [6.07, 6.45) is 4.04. The number of aryl methyl sites for hydroxylation is 1. The molecule has 0 fully saturated rings. The SMILES string of the molecule is CC(C)CCc1cnc2ccc(Br)cc2c1Cl. The smallest absolute Gasteiger partial charge is 0.0717 e. The molecule has 0 amide bonds. The maximum Gasteiger partial charge on any atom is 0.0717 e. The highest BCUT2D eigenvalue weighted by Gasteiger charge is 2.08. The van der Waals surface area contributed by atoms with E-state index in [1.807, 2.05) is 24.4 Å². The van der Waals surface area contributed by atoms with Crippen LogP contribution in [-0.2, 0) is 6.42 Å². The van der Waals surface area contributed by atoms with E-state index in [1.165, 1.54) is 0 Å². The number of fused-ring (bicyclic) bond motifs is 1. The van der Waals surface area contributed by atoms with Gasteiger partial charge in [0.05, 0.1) is 10.5 Å². The van der Waals surface area contributed by atoms with Crippen LogP contribution >= 0.6 is 27.5 Å². The van der Waals surface area contributed by atoms with Gasteiger partial charge in [-0.3, -0.25) is 4.98 Å². The van der Waals surface area contributed by atoms with Crippen molar-refractivity contribution in [3.05, 3.63) is 39.5 Å². The Bertz CT molecular complexity index is 537. The molecule has 0 bridgehead atoms. The van der Waals surface area contributed by atoms with E-state index in [4.69, 9.17) is 11.6 Å². The number of aromatic nitrogens is 1. The van der Waals surface area contributed by atoms with E-state index in [0.717, 1.165) is 38.8 Å². The predicted octanol–water partition coefficient (Wildman–Crippen LogP) is 5.24. The van der Waals surface area contributed by atoms with Gasteiger partial charge in [0, 0.05) is 16.1 Å². The van der Waals surface area contributed by atoms with Crippen LogP contribution in [0.15, 0.2) is 28.9 Å². The van der Waals surface area contributed by atoms with Crippen molar-refractivity contribution >= 4 is 38.4 Å². The van der Waals surface area contributed by atoms with E-state index >= 15 is 0 Å². The molecule has 0 saturated heterocycles. The fraction of sp³-hybridized carbons (Fsp3) is 0.357. The normalized spacial score (nSPS) is 11.4. The van der Waals surface area contributed by atoms with Gasteiger partial charge in [-0.25, -0.2) is 0 Å². The summed E-state index contributed by atoms with van der Waals surface area (Å²) in [7, 11) is 0. The average Bonchev–Trinajstić information content (AvgIpc) is 2.29. The summed E-state index contributed by atoms with van der Waals surface area (Å²) in [5.74, 6) is 0.685. The highest BCUT2D eigenvalue weighted by molar-refractivity contribution is 9.10. The first-order valence-corrected chi connectivity index (χ1v) is 6.97. The minimum Gasteiger partial charge on any atom is -0.256 e. The lowest BCUT2D eigenvalue weighted by molar-refractivity contribution is 0.586. The predicted molar refractivity (Wildman–Crippen MR) is 77.6 cm³/mol. The van der Waals surface area contributed by atoms with E-state index in [-0.39, 0.29) is 0 Å². The van der Waals surface area contributed by atoms with E-state index in [2.05, 4.69) is 34.8 Å². The second-order valence-electron chi connectivity index (χ2n) is 4.69. The van der Waals surface area contributed by atoms with Crippen LogP contribution in [0.4, 0.5) is 0 Å². The van der Waals surface area contributed by atoms with Crippen molar-refractivity contribution in [1.29, 1.82) is 0 Å². The first kappa shape index (κ1) is 12.8. The second kappa shape index (κ2) is 5.36. The van der Waals surface area contributed by atoms with Gasteiger partial charge in [-0.2, -0.15) is 0 Å². The molecule has 2 aromatic rings. The number of halogens is 2. The molecule has 1 heterocycles. The third kappa shape index (κ3) is 2.99. The molecule has 0 aliphatic heterocycles. The molecule has 3 heteroatoms. The summed E-state index contributed by atoms with van der Waals surface area (Å²) >= 11 is 9.90. The molecule has 1 aromatic heterocycles. The minimum atomic E-state index is 0.685. The Morgan fingerprint density at radius 1 is 1.35 bits per heavy atom. The van der Waals surface area contributed by atoms with Crippen molar-refractivity contribution in [3.8, 4) is 0 Å². The second-order valence-corrected chi connectivity index (χ2v) is 5.99. The quantitative estimate of drug-likeness (QED) is 0.755. The van der Waals surface area contributed by atoms with Crippen molar-refractivity contribution < 1.29 is 0 Å². The molecule has 1 nitrogen and oxygen atoms in total. The van der Waals surface area contributed by atoms with Crippen molar-refractivity contribution in [3.63, 3.8) is 0 Å². The Balaban J connectivity index is 2.42. The van der Waals surface area contributed by atoms with Crippen LogP contribution in [0.5, 0.6) is 0 Å². The van der Waals surface area contributed by atoms with E-state index < -0.39 is 0 Å². The van der Waals surface area contributed by atoms with Gasteiger partial charge >= 0.3 is 0 Å². The molecule has 90 valence electrons. The van der Waals surface area contributed by atoms with Crippen molar-refractivity contribution in [2.75, 3.05) is 0 Å². The summed E-state index contributed by atoms with van der Waals surface area (Å²) in [6, 6.07) is 6.00. The third-order valence-electron chi connectivity index (χ3n) is 2.83. The minimum absolute atomic E-state index is 0.685. The molecule has 0 unspecified atom stereocenters. The number of nitrogens with zero attached hydrogens (tertiary/aromatic N) is 1. The largest absolute Gasteiger partial charge is 0.256 e. The van der Waals surface area contributed by atoms with Gasteiger partial charge in [-0.15, -0.1) is 0 Å². The molecule has 0 aliphatic carbocycles. The fourth-order valence-corrected chi connectivity index (χ4v) is 2.45. The number of pyridine rings is 1. The van der Waals surface area contributed by atoms with Crippen LogP contribution in [0.25, 0.3) is 10.9 Å². The number of hydrogen-bond donors (Lipinski definition) is 0. The lowest BCUT2D eigenvalue weighted by Gasteiger charge is -2.09. The van der Waals surface area contributed by atoms with Gasteiger partial charge < -0.3 is 0 Å². The standard InChI is InChI=1S/C14H15BrClN/c1-9(2)3-4-10-8-17-13-6-5-11(15)7-12(13)14(10)16/h5-9H,3-4H2,1-2H3. The maximum atomic E-state index is 6.44. The van der Waals surface area contributed by atoms with Gasteiger partial charge in [0.15, 0.2) is 0 Å².